The molecule has 21 heavy (non-hydrogen) atoms. The number of nitrogens with zero attached hydrogens (tertiary/aromatic N) is 1. The maximum absolute atomic E-state index is 10.1. The molecule has 0 radical (unpaired) electrons. The number of carbonyl (C=O) groups is 2. The van der Waals surface area contributed by atoms with Crippen molar-refractivity contribution in [3.8, 4) is 0 Å². The van der Waals surface area contributed by atoms with E-state index >= 15 is 0 Å². The quantitative estimate of drug-likeness (QED) is 0.584. The van der Waals surface area contributed by atoms with Gasteiger partial charge in [-0.2, -0.15) is 0 Å². The van der Waals surface area contributed by atoms with Gasteiger partial charge in [-0.05, 0) is 5.56 Å². The summed E-state index contributed by atoms with van der Waals surface area (Å²) in [5, 5.41) is 5.13. The van der Waals surface area contributed by atoms with Crippen LogP contribution in [0.3, 0.4) is 0 Å². The van der Waals surface area contributed by atoms with Crippen LogP contribution in [0.5, 0.6) is 0 Å². The molecule has 7 nitrogen and oxygen atoms in total. The number of carbonyl (C=O) groups excluding carboxylic acids is 2. The summed E-state index contributed by atoms with van der Waals surface area (Å²) in [4.78, 5) is 22.4. The molecule has 0 aliphatic carbocycles. The zero-order chi connectivity index (χ0) is 15.5. The van der Waals surface area contributed by atoms with Crippen LogP contribution in [0, 0.1) is 0 Å². The third-order valence-electron chi connectivity index (χ3n) is 2.91. The molecule has 1 saturated heterocycles. The normalized spacial score (nSPS) is 14.7. The predicted molar refractivity (Wildman–Crippen MR) is 81.4 cm³/mol. The van der Waals surface area contributed by atoms with Gasteiger partial charge >= 0.3 is 6.03 Å². The van der Waals surface area contributed by atoms with E-state index in [9.17, 15) is 9.59 Å². The van der Waals surface area contributed by atoms with E-state index in [1.165, 1.54) is 18.7 Å². The molecule has 1 aliphatic heterocycles. The molecule has 3 amide bonds. The van der Waals surface area contributed by atoms with Crippen LogP contribution in [0.15, 0.2) is 30.3 Å². The minimum Gasteiger partial charge on any atom is -0.351 e. The number of hydrogen-bond acceptors (Lipinski definition) is 5. The number of nitrogens with two attached hydrogens (primary N) is 2. The van der Waals surface area contributed by atoms with Crippen molar-refractivity contribution >= 4 is 11.9 Å². The van der Waals surface area contributed by atoms with Crippen molar-refractivity contribution in [1.29, 1.82) is 0 Å². The molecule has 1 aromatic rings. The van der Waals surface area contributed by atoms with Crippen LogP contribution in [0.1, 0.15) is 5.56 Å². The number of hydrogen-bond donors (Lipinski definition) is 4. The fourth-order valence-corrected chi connectivity index (χ4v) is 1.90. The molecule has 116 valence electrons. The topological polar surface area (TPSA) is 113 Å². The van der Waals surface area contributed by atoms with Crippen molar-refractivity contribution in [1.82, 2.24) is 15.5 Å². The molecule has 0 atom stereocenters. The predicted octanol–water partition coefficient (Wildman–Crippen LogP) is -0.768. The van der Waals surface area contributed by atoms with Gasteiger partial charge in [-0.1, -0.05) is 30.3 Å². The number of primary amides is 1. The van der Waals surface area contributed by atoms with Gasteiger partial charge in [0, 0.05) is 32.7 Å². The van der Waals surface area contributed by atoms with Crippen LogP contribution in [-0.2, 0) is 11.3 Å². The monoisotopic (exact) mass is 293 g/mol. The number of rotatable bonds is 3. The fraction of sp³-hybridized carbons (Fsp3) is 0.429. The van der Waals surface area contributed by atoms with Crippen molar-refractivity contribution in [2.24, 2.45) is 11.5 Å². The van der Waals surface area contributed by atoms with Gasteiger partial charge in [-0.3, -0.25) is 15.0 Å². The largest absolute Gasteiger partial charge is 0.351 e. The van der Waals surface area contributed by atoms with Crippen molar-refractivity contribution in [3.05, 3.63) is 35.9 Å². The number of piperazine rings is 1. The van der Waals surface area contributed by atoms with Crippen molar-refractivity contribution in [2.75, 3.05) is 32.7 Å². The second-order valence-electron chi connectivity index (χ2n) is 4.63. The lowest BCUT2D eigenvalue weighted by Crippen LogP contribution is -2.42. The Bertz CT molecular complexity index is 432. The molecule has 2 rings (SSSR count). The Hall–Kier alpha value is -1.96. The van der Waals surface area contributed by atoms with Crippen LogP contribution in [0.25, 0.3) is 0 Å². The SMILES string of the molecule is NCC(=O)NC(N)=O.c1ccc(CN2CCNCC2)cc1. The summed E-state index contributed by atoms with van der Waals surface area (Å²) < 4.78 is 0. The molecule has 1 heterocycles. The second kappa shape index (κ2) is 9.87. The first-order valence-corrected chi connectivity index (χ1v) is 6.88. The van der Waals surface area contributed by atoms with Gasteiger partial charge in [0.05, 0.1) is 6.54 Å². The minimum absolute atomic E-state index is 0.219. The van der Waals surface area contributed by atoms with E-state index in [0.29, 0.717) is 0 Å². The summed E-state index contributed by atoms with van der Waals surface area (Å²) in [7, 11) is 0. The van der Waals surface area contributed by atoms with Crippen LogP contribution in [0.2, 0.25) is 0 Å². The average molecular weight is 293 g/mol. The highest BCUT2D eigenvalue weighted by molar-refractivity contribution is 5.94. The summed E-state index contributed by atoms with van der Waals surface area (Å²) >= 11 is 0. The Kier molecular flexibility index (Phi) is 8.03. The van der Waals surface area contributed by atoms with Gasteiger partial charge in [-0.25, -0.2) is 4.79 Å². The number of urea groups is 1. The molecule has 0 aromatic heterocycles. The van der Waals surface area contributed by atoms with Crippen molar-refractivity contribution < 1.29 is 9.59 Å². The minimum atomic E-state index is -0.875. The number of nitrogens with one attached hydrogen (secondary N) is 2. The van der Waals surface area contributed by atoms with E-state index in [-0.39, 0.29) is 6.54 Å². The molecule has 0 bridgehead atoms. The first kappa shape index (κ1) is 17.1. The van der Waals surface area contributed by atoms with E-state index in [1.807, 2.05) is 0 Å². The second-order valence-corrected chi connectivity index (χ2v) is 4.63. The first-order valence-electron chi connectivity index (χ1n) is 6.88. The highest BCUT2D eigenvalue weighted by Crippen LogP contribution is 2.04. The third-order valence-corrected chi connectivity index (χ3v) is 2.91. The van der Waals surface area contributed by atoms with Crippen LogP contribution in [0.4, 0.5) is 4.79 Å². The van der Waals surface area contributed by atoms with E-state index in [4.69, 9.17) is 5.73 Å². The van der Waals surface area contributed by atoms with Crippen LogP contribution in [-0.4, -0.2) is 49.6 Å². The first-order chi connectivity index (χ1) is 10.1. The third kappa shape index (κ3) is 8.03. The highest BCUT2D eigenvalue weighted by atomic mass is 16.2. The van der Waals surface area contributed by atoms with E-state index < -0.39 is 11.9 Å². The Morgan fingerprint density at radius 3 is 2.29 bits per heavy atom. The van der Waals surface area contributed by atoms with Crippen molar-refractivity contribution in [3.63, 3.8) is 0 Å². The zero-order valence-electron chi connectivity index (χ0n) is 12.0. The fourth-order valence-electron chi connectivity index (χ4n) is 1.90. The Labute approximate surface area is 124 Å². The molecule has 0 spiro atoms. The maximum atomic E-state index is 10.1. The lowest BCUT2D eigenvalue weighted by Gasteiger charge is -2.27. The van der Waals surface area contributed by atoms with Gasteiger partial charge < -0.3 is 16.8 Å². The molecule has 6 N–H and O–H groups in total. The smallest absolute Gasteiger partial charge is 0.318 e. The Morgan fingerprint density at radius 2 is 1.81 bits per heavy atom. The van der Waals surface area contributed by atoms with E-state index in [1.54, 1.807) is 5.32 Å². The lowest BCUT2D eigenvalue weighted by molar-refractivity contribution is -0.118. The summed E-state index contributed by atoms with van der Waals surface area (Å²) in [5.74, 6) is -0.572. The van der Waals surface area contributed by atoms with E-state index in [0.717, 1.165) is 19.6 Å². The Morgan fingerprint density at radius 1 is 1.19 bits per heavy atom. The molecule has 7 heteroatoms. The number of benzene rings is 1. The summed E-state index contributed by atoms with van der Waals surface area (Å²) in [5.41, 5.74) is 10.8. The zero-order valence-corrected chi connectivity index (χ0v) is 12.0. The molecule has 1 fully saturated rings. The molecule has 0 unspecified atom stereocenters. The molecular weight excluding hydrogens is 270 g/mol. The summed E-state index contributed by atoms with van der Waals surface area (Å²) in [6, 6.07) is 9.81. The number of imide groups is 1. The van der Waals surface area contributed by atoms with Gasteiger partial charge in [0.2, 0.25) is 5.91 Å². The lowest BCUT2D eigenvalue weighted by atomic mass is 10.2. The van der Waals surface area contributed by atoms with Crippen LogP contribution < -0.4 is 22.1 Å². The highest BCUT2D eigenvalue weighted by Gasteiger charge is 2.08. The maximum Gasteiger partial charge on any atom is 0.318 e. The molecule has 1 aliphatic rings. The van der Waals surface area contributed by atoms with Gasteiger partial charge in [0.15, 0.2) is 0 Å². The average Bonchev–Trinajstić information content (AvgIpc) is 2.49. The molecular formula is C14H23N5O2. The van der Waals surface area contributed by atoms with E-state index in [2.05, 4.69) is 46.3 Å². The van der Waals surface area contributed by atoms with Gasteiger partial charge in [0.25, 0.3) is 0 Å². The Balaban J connectivity index is 0.000000240. The van der Waals surface area contributed by atoms with Gasteiger partial charge in [0.1, 0.15) is 0 Å². The van der Waals surface area contributed by atoms with Crippen LogP contribution >= 0.6 is 0 Å². The molecule has 1 aromatic carbocycles. The summed E-state index contributed by atoms with van der Waals surface area (Å²) in [6.07, 6.45) is 0. The van der Waals surface area contributed by atoms with Crippen molar-refractivity contribution in [2.45, 2.75) is 6.54 Å². The molecule has 0 saturated carbocycles. The van der Waals surface area contributed by atoms with Gasteiger partial charge in [-0.15, -0.1) is 0 Å². The standard InChI is InChI=1S/C11H16N2.C3H7N3O2/c1-2-4-11(5-3-1)10-13-8-6-12-7-9-13;4-1-2(7)6-3(5)8/h1-5,12H,6-10H2;1,4H2,(H3,5,6,7,8). The summed E-state index contributed by atoms with van der Waals surface area (Å²) in [6.45, 7) is 5.49. The number of amides is 3.